The largest absolute Gasteiger partial charge is 0.313 e. The van der Waals surface area contributed by atoms with E-state index < -0.39 is 0 Å². The van der Waals surface area contributed by atoms with Crippen LogP contribution in [0.25, 0.3) is 0 Å². The molecular formula is C13H19BrFN. The van der Waals surface area contributed by atoms with Crippen LogP contribution < -0.4 is 5.32 Å². The molecule has 0 aliphatic carbocycles. The van der Waals surface area contributed by atoms with Crippen molar-refractivity contribution >= 4 is 15.9 Å². The smallest absolute Gasteiger partial charge is 0.129 e. The Morgan fingerprint density at radius 3 is 2.69 bits per heavy atom. The van der Waals surface area contributed by atoms with Gasteiger partial charge in [-0.15, -0.1) is 0 Å². The van der Waals surface area contributed by atoms with E-state index in [4.69, 9.17) is 0 Å². The summed E-state index contributed by atoms with van der Waals surface area (Å²) in [6.45, 7) is 2.17. The molecule has 0 heterocycles. The molecule has 1 rings (SSSR count). The van der Waals surface area contributed by atoms with Crippen LogP contribution in [0, 0.1) is 5.82 Å². The third-order valence-corrected chi connectivity index (χ3v) is 3.48. The van der Waals surface area contributed by atoms with Crippen molar-refractivity contribution in [2.75, 3.05) is 7.05 Å². The van der Waals surface area contributed by atoms with Gasteiger partial charge in [0.15, 0.2) is 0 Å². The van der Waals surface area contributed by atoms with Crippen molar-refractivity contribution in [2.45, 2.75) is 38.6 Å². The molecule has 1 nitrogen and oxygen atoms in total. The van der Waals surface area contributed by atoms with Gasteiger partial charge in [0.2, 0.25) is 0 Å². The Bertz CT molecular complexity index is 307. The minimum absolute atomic E-state index is 0.0992. The van der Waals surface area contributed by atoms with Crippen molar-refractivity contribution in [1.29, 1.82) is 0 Å². The molecule has 16 heavy (non-hydrogen) atoms. The maximum absolute atomic E-state index is 13.7. The minimum Gasteiger partial charge on any atom is -0.313 e. The summed E-state index contributed by atoms with van der Waals surface area (Å²) < 4.78 is 14.6. The zero-order chi connectivity index (χ0) is 12.0. The quantitative estimate of drug-likeness (QED) is 0.764. The van der Waals surface area contributed by atoms with E-state index in [1.807, 2.05) is 13.1 Å². The van der Waals surface area contributed by atoms with E-state index in [2.05, 4.69) is 28.2 Å². The fourth-order valence-electron chi connectivity index (χ4n) is 1.88. The van der Waals surface area contributed by atoms with Crippen molar-refractivity contribution in [3.8, 4) is 0 Å². The lowest BCUT2D eigenvalue weighted by atomic mass is 10.00. The second-order valence-corrected chi connectivity index (χ2v) is 4.83. The molecule has 0 radical (unpaired) electrons. The van der Waals surface area contributed by atoms with Gasteiger partial charge in [0.1, 0.15) is 5.82 Å². The highest BCUT2D eigenvalue weighted by atomic mass is 79.9. The zero-order valence-corrected chi connectivity index (χ0v) is 11.5. The minimum atomic E-state index is -0.134. The number of hydrogen-bond acceptors (Lipinski definition) is 1. The van der Waals surface area contributed by atoms with Crippen molar-refractivity contribution in [3.63, 3.8) is 0 Å². The van der Waals surface area contributed by atoms with Crippen LogP contribution in [0.5, 0.6) is 0 Å². The van der Waals surface area contributed by atoms with Gasteiger partial charge in [-0.25, -0.2) is 4.39 Å². The lowest BCUT2D eigenvalue weighted by Gasteiger charge is -2.18. The number of unbranched alkanes of at least 4 members (excludes halogenated alkanes) is 2. The van der Waals surface area contributed by atoms with E-state index in [0.717, 1.165) is 22.9 Å². The van der Waals surface area contributed by atoms with Crippen molar-refractivity contribution in [1.82, 2.24) is 5.32 Å². The molecule has 0 aliphatic heterocycles. The van der Waals surface area contributed by atoms with Crippen molar-refractivity contribution in [2.24, 2.45) is 0 Å². The second-order valence-electron chi connectivity index (χ2n) is 3.97. The van der Waals surface area contributed by atoms with Gasteiger partial charge in [0.05, 0.1) is 0 Å². The third kappa shape index (κ3) is 3.56. The summed E-state index contributed by atoms with van der Waals surface area (Å²) in [5, 5.41) is 3.19. The molecule has 0 saturated heterocycles. The molecule has 3 heteroatoms. The molecule has 0 spiro atoms. The molecule has 0 bridgehead atoms. The van der Waals surface area contributed by atoms with Crippen LogP contribution in [0.4, 0.5) is 4.39 Å². The first-order chi connectivity index (χ1) is 7.70. The van der Waals surface area contributed by atoms with Gasteiger partial charge in [-0.3, -0.25) is 0 Å². The molecule has 0 aliphatic rings. The average molecular weight is 288 g/mol. The number of hydrogen-bond donors (Lipinski definition) is 1. The van der Waals surface area contributed by atoms with E-state index >= 15 is 0 Å². The molecule has 1 unspecified atom stereocenters. The highest BCUT2D eigenvalue weighted by molar-refractivity contribution is 9.10. The van der Waals surface area contributed by atoms with E-state index in [1.54, 1.807) is 6.07 Å². The maximum atomic E-state index is 13.7. The van der Waals surface area contributed by atoms with E-state index in [9.17, 15) is 4.39 Å². The van der Waals surface area contributed by atoms with E-state index in [0.29, 0.717) is 0 Å². The van der Waals surface area contributed by atoms with Gasteiger partial charge in [-0.2, -0.15) is 0 Å². The molecule has 0 aromatic heterocycles. The van der Waals surface area contributed by atoms with Crippen LogP contribution in [0.3, 0.4) is 0 Å². The Morgan fingerprint density at radius 1 is 1.38 bits per heavy atom. The SMILES string of the molecule is CCCCCC(NC)c1c(F)cccc1Br. The second kappa shape index (κ2) is 7.02. The van der Waals surface area contributed by atoms with Gasteiger partial charge in [-0.1, -0.05) is 48.2 Å². The highest BCUT2D eigenvalue weighted by Gasteiger charge is 2.16. The normalized spacial score (nSPS) is 12.8. The molecule has 0 amide bonds. The van der Waals surface area contributed by atoms with Crippen LogP contribution >= 0.6 is 15.9 Å². The summed E-state index contributed by atoms with van der Waals surface area (Å²) in [6, 6.07) is 5.23. The van der Waals surface area contributed by atoms with E-state index in [1.165, 1.54) is 18.9 Å². The predicted molar refractivity (Wildman–Crippen MR) is 70.0 cm³/mol. The monoisotopic (exact) mass is 287 g/mol. The summed E-state index contributed by atoms with van der Waals surface area (Å²) in [4.78, 5) is 0. The standard InChI is InChI=1S/C13H19BrFN/c1-3-4-5-9-12(16-2)13-10(14)7-6-8-11(13)15/h6-8,12,16H,3-5,9H2,1-2H3. The van der Waals surface area contributed by atoms with Gasteiger partial charge in [0, 0.05) is 16.1 Å². The number of rotatable bonds is 6. The molecule has 0 fully saturated rings. The zero-order valence-electron chi connectivity index (χ0n) is 9.89. The topological polar surface area (TPSA) is 12.0 Å². The van der Waals surface area contributed by atoms with Crippen LogP contribution in [0.2, 0.25) is 0 Å². The Kier molecular flexibility index (Phi) is 5.99. The van der Waals surface area contributed by atoms with Crippen molar-refractivity contribution in [3.05, 3.63) is 34.1 Å². The fourth-order valence-corrected chi connectivity index (χ4v) is 2.49. The average Bonchev–Trinajstić information content (AvgIpc) is 2.26. The fraction of sp³-hybridized carbons (Fsp3) is 0.538. The lowest BCUT2D eigenvalue weighted by Crippen LogP contribution is -2.18. The lowest BCUT2D eigenvalue weighted by molar-refractivity contribution is 0.483. The first-order valence-corrected chi connectivity index (χ1v) is 6.61. The Hall–Kier alpha value is -0.410. The molecule has 90 valence electrons. The van der Waals surface area contributed by atoms with Gasteiger partial charge in [0.25, 0.3) is 0 Å². The summed E-state index contributed by atoms with van der Waals surface area (Å²) >= 11 is 3.42. The van der Waals surface area contributed by atoms with Crippen molar-refractivity contribution < 1.29 is 4.39 Å². The molecule has 1 N–H and O–H groups in total. The van der Waals surface area contributed by atoms with Gasteiger partial charge >= 0.3 is 0 Å². The number of halogens is 2. The number of nitrogens with one attached hydrogen (secondary N) is 1. The maximum Gasteiger partial charge on any atom is 0.129 e. The first-order valence-electron chi connectivity index (χ1n) is 5.81. The Morgan fingerprint density at radius 2 is 2.12 bits per heavy atom. The van der Waals surface area contributed by atoms with Crippen LogP contribution in [-0.4, -0.2) is 7.05 Å². The summed E-state index contributed by atoms with van der Waals surface area (Å²) in [5.41, 5.74) is 0.751. The summed E-state index contributed by atoms with van der Waals surface area (Å²) in [6.07, 6.45) is 4.49. The molecular weight excluding hydrogens is 269 g/mol. The molecule has 1 aromatic carbocycles. The van der Waals surface area contributed by atoms with Gasteiger partial charge in [-0.05, 0) is 25.6 Å². The van der Waals surface area contributed by atoms with Crippen LogP contribution in [0.15, 0.2) is 22.7 Å². The summed E-state index contributed by atoms with van der Waals surface area (Å²) in [5.74, 6) is -0.134. The van der Waals surface area contributed by atoms with Gasteiger partial charge < -0.3 is 5.32 Å². The van der Waals surface area contributed by atoms with E-state index in [-0.39, 0.29) is 11.9 Å². The molecule has 1 atom stereocenters. The summed E-state index contributed by atoms with van der Waals surface area (Å²) in [7, 11) is 1.88. The first kappa shape index (κ1) is 13.7. The molecule has 1 aromatic rings. The highest BCUT2D eigenvalue weighted by Crippen LogP contribution is 2.29. The Labute approximate surface area is 106 Å². The predicted octanol–water partition coefficient (Wildman–Crippen LogP) is 4.43. The van der Waals surface area contributed by atoms with Crippen LogP contribution in [-0.2, 0) is 0 Å². The Balaban J connectivity index is 2.78. The third-order valence-electron chi connectivity index (χ3n) is 2.79. The number of benzene rings is 1. The molecule has 0 saturated carbocycles. The van der Waals surface area contributed by atoms with Crippen LogP contribution in [0.1, 0.15) is 44.2 Å².